The molecule has 0 fully saturated rings. The fourth-order valence-corrected chi connectivity index (χ4v) is 1.66. The zero-order valence-electron chi connectivity index (χ0n) is 10.8. The number of amidine groups is 1. The number of pyridine rings is 1. The lowest BCUT2D eigenvalue weighted by molar-refractivity contribution is 0.386. The predicted octanol–water partition coefficient (Wildman–Crippen LogP) is 1.84. The summed E-state index contributed by atoms with van der Waals surface area (Å²) in [7, 11) is 1.40. The Morgan fingerprint density at radius 2 is 2.10 bits per heavy atom. The van der Waals surface area contributed by atoms with E-state index in [0.29, 0.717) is 17.1 Å². The van der Waals surface area contributed by atoms with Gasteiger partial charge in [0.05, 0.1) is 12.7 Å². The number of nitrogens with two attached hydrogens (primary N) is 2. The summed E-state index contributed by atoms with van der Waals surface area (Å²) >= 11 is 0. The molecule has 0 bridgehead atoms. The Labute approximate surface area is 115 Å². The van der Waals surface area contributed by atoms with Crippen LogP contribution in [0.1, 0.15) is 5.56 Å². The van der Waals surface area contributed by atoms with E-state index in [1.165, 1.54) is 19.2 Å². The van der Waals surface area contributed by atoms with Crippen molar-refractivity contribution in [2.24, 2.45) is 5.73 Å². The largest absolute Gasteiger partial charge is 0.494 e. The maximum atomic E-state index is 13.5. The summed E-state index contributed by atoms with van der Waals surface area (Å²) in [5.74, 6) is 0.0892. The normalized spacial score (nSPS) is 10.1. The van der Waals surface area contributed by atoms with Gasteiger partial charge in [-0.1, -0.05) is 0 Å². The third-order valence-corrected chi connectivity index (χ3v) is 2.64. The molecule has 1 aromatic carbocycles. The van der Waals surface area contributed by atoms with Gasteiger partial charge in [0.2, 0.25) is 0 Å². The molecule has 0 amide bonds. The first-order valence-corrected chi connectivity index (χ1v) is 5.72. The van der Waals surface area contributed by atoms with Crippen LogP contribution in [-0.4, -0.2) is 17.9 Å². The number of rotatable bonds is 4. The van der Waals surface area contributed by atoms with Crippen LogP contribution in [0, 0.1) is 11.2 Å². The molecule has 2 rings (SSSR count). The van der Waals surface area contributed by atoms with Crippen LogP contribution >= 0.6 is 0 Å². The van der Waals surface area contributed by atoms with Crippen molar-refractivity contribution in [1.29, 1.82) is 5.41 Å². The number of methoxy groups -OCH3 is 1. The predicted molar refractivity (Wildman–Crippen MR) is 75.9 cm³/mol. The fourth-order valence-electron chi connectivity index (χ4n) is 1.66. The summed E-state index contributed by atoms with van der Waals surface area (Å²) < 4.78 is 18.4. The molecule has 104 valence electrons. The minimum absolute atomic E-state index is 0.136. The molecule has 0 radical (unpaired) electrons. The molecule has 0 aliphatic carbocycles. The summed E-state index contributed by atoms with van der Waals surface area (Å²) in [4.78, 5) is 4.05. The number of nitrogen functional groups attached to an aromatic ring is 2. The molecule has 0 atom stereocenters. The van der Waals surface area contributed by atoms with Crippen molar-refractivity contribution >= 4 is 23.2 Å². The van der Waals surface area contributed by atoms with Gasteiger partial charge < -0.3 is 21.5 Å². The standard InChI is InChI=1S/C13H14FN5O/c1-20-10-4-2-7(6-9(10)14)18-11-5-3-8(12(15)16)13(17)19-11/h2-6H,1H3,(H3,15,16)(H3,17,18,19). The smallest absolute Gasteiger partial charge is 0.167 e. The molecule has 2 aromatic rings. The lowest BCUT2D eigenvalue weighted by Gasteiger charge is -2.09. The van der Waals surface area contributed by atoms with Crippen LogP contribution in [0.3, 0.4) is 0 Å². The molecular weight excluding hydrogens is 261 g/mol. The zero-order chi connectivity index (χ0) is 14.7. The van der Waals surface area contributed by atoms with Crippen LogP contribution in [0.4, 0.5) is 21.7 Å². The highest BCUT2D eigenvalue weighted by molar-refractivity contribution is 5.99. The minimum Gasteiger partial charge on any atom is -0.494 e. The summed E-state index contributed by atoms with van der Waals surface area (Å²) in [6, 6.07) is 7.63. The average Bonchev–Trinajstić information content (AvgIpc) is 2.38. The van der Waals surface area contributed by atoms with Gasteiger partial charge in [-0.3, -0.25) is 5.41 Å². The third kappa shape index (κ3) is 2.77. The molecule has 6 nitrogen and oxygen atoms in total. The van der Waals surface area contributed by atoms with E-state index >= 15 is 0 Å². The van der Waals surface area contributed by atoms with Gasteiger partial charge in [0.25, 0.3) is 0 Å². The van der Waals surface area contributed by atoms with Gasteiger partial charge in [-0.2, -0.15) is 0 Å². The summed E-state index contributed by atoms with van der Waals surface area (Å²) in [5.41, 5.74) is 11.9. The van der Waals surface area contributed by atoms with E-state index in [0.717, 1.165) is 0 Å². The molecule has 20 heavy (non-hydrogen) atoms. The second kappa shape index (κ2) is 5.43. The SMILES string of the molecule is COc1ccc(Nc2ccc(C(=N)N)c(N)n2)cc1F. The number of nitrogens with zero attached hydrogens (tertiary/aromatic N) is 1. The Balaban J connectivity index is 2.24. The number of hydrogen-bond acceptors (Lipinski definition) is 5. The van der Waals surface area contributed by atoms with Crippen LogP contribution in [0.5, 0.6) is 5.75 Å². The highest BCUT2D eigenvalue weighted by Gasteiger charge is 2.07. The molecule has 1 aromatic heterocycles. The van der Waals surface area contributed by atoms with Crippen molar-refractivity contribution in [2.75, 3.05) is 18.2 Å². The average molecular weight is 275 g/mol. The summed E-state index contributed by atoms with van der Waals surface area (Å²) in [6.45, 7) is 0. The number of halogens is 1. The molecule has 0 unspecified atom stereocenters. The number of aromatic nitrogens is 1. The summed E-state index contributed by atoms with van der Waals surface area (Å²) in [5, 5.41) is 10.2. The van der Waals surface area contributed by atoms with Gasteiger partial charge in [0.15, 0.2) is 11.6 Å². The summed E-state index contributed by atoms with van der Waals surface area (Å²) in [6.07, 6.45) is 0. The number of benzene rings is 1. The van der Waals surface area contributed by atoms with E-state index in [1.54, 1.807) is 18.2 Å². The topological polar surface area (TPSA) is 110 Å². The zero-order valence-corrected chi connectivity index (χ0v) is 10.8. The highest BCUT2D eigenvalue weighted by Crippen LogP contribution is 2.23. The maximum Gasteiger partial charge on any atom is 0.167 e. The van der Waals surface area contributed by atoms with Crippen molar-refractivity contribution < 1.29 is 9.13 Å². The molecule has 0 aliphatic heterocycles. The Hall–Kier alpha value is -2.83. The van der Waals surface area contributed by atoms with E-state index in [2.05, 4.69) is 10.3 Å². The number of nitrogens with one attached hydrogen (secondary N) is 2. The maximum absolute atomic E-state index is 13.5. The fraction of sp³-hybridized carbons (Fsp3) is 0.0769. The third-order valence-electron chi connectivity index (χ3n) is 2.64. The molecule has 0 saturated heterocycles. The van der Waals surface area contributed by atoms with Crippen molar-refractivity contribution in [1.82, 2.24) is 4.98 Å². The monoisotopic (exact) mass is 275 g/mol. The van der Waals surface area contributed by atoms with Gasteiger partial charge in [-0.05, 0) is 24.3 Å². The van der Waals surface area contributed by atoms with Gasteiger partial charge in [-0.25, -0.2) is 9.37 Å². The molecule has 1 heterocycles. The van der Waals surface area contributed by atoms with E-state index < -0.39 is 5.82 Å². The molecule has 0 spiro atoms. The second-order valence-electron chi connectivity index (χ2n) is 4.02. The highest BCUT2D eigenvalue weighted by atomic mass is 19.1. The van der Waals surface area contributed by atoms with Gasteiger partial charge in [-0.15, -0.1) is 0 Å². The Morgan fingerprint density at radius 1 is 1.35 bits per heavy atom. The quantitative estimate of drug-likeness (QED) is 0.502. The number of anilines is 3. The second-order valence-corrected chi connectivity index (χ2v) is 4.02. The molecule has 7 heteroatoms. The van der Waals surface area contributed by atoms with E-state index in [4.69, 9.17) is 21.6 Å². The van der Waals surface area contributed by atoms with Crippen molar-refractivity contribution in [3.8, 4) is 5.75 Å². The Kier molecular flexibility index (Phi) is 3.69. The molecular formula is C13H14FN5O. The van der Waals surface area contributed by atoms with Crippen molar-refractivity contribution in [3.05, 3.63) is 41.7 Å². The number of hydrogen-bond donors (Lipinski definition) is 4. The van der Waals surface area contributed by atoms with Crippen LogP contribution in [0.25, 0.3) is 0 Å². The Bertz CT molecular complexity index is 659. The first kappa shape index (κ1) is 13.6. The van der Waals surface area contributed by atoms with E-state index in [-0.39, 0.29) is 17.4 Å². The van der Waals surface area contributed by atoms with Gasteiger partial charge in [0, 0.05) is 11.8 Å². The number of ether oxygens (including phenoxy) is 1. The van der Waals surface area contributed by atoms with Crippen LogP contribution in [0.2, 0.25) is 0 Å². The van der Waals surface area contributed by atoms with E-state index in [1.807, 2.05) is 0 Å². The lowest BCUT2D eigenvalue weighted by atomic mass is 10.2. The van der Waals surface area contributed by atoms with E-state index in [9.17, 15) is 4.39 Å². The van der Waals surface area contributed by atoms with Gasteiger partial charge in [0.1, 0.15) is 17.5 Å². The van der Waals surface area contributed by atoms with Crippen LogP contribution < -0.4 is 21.5 Å². The molecule has 6 N–H and O–H groups in total. The minimum atomic E-state index is -0.481. The molecule has 0 saturated carbocycles. The first-order chi connectivity index (χ1) is 9.51. The van der Waals surface area contributed by atoms with Crippen LogP contribution in [-0.2, 0) is 0 Å². The molecule has 0 aliphatic rings. The van der Waals surface area contributed by atoms with Crippen molar-refractivity contribution in [3.63, 3.8) is 0 Å². The Morgan fingerprint density at radius 3 is 2.65 bits per heavy atom. The van der Waals surface area contributed by atoms with Crippen molar-refractivity contribution in [2.45, 2.75) is 0 Å². The van der Waals surface area contributed by atoms with Gasteiger partial charge >= 0.3 is 0 Å². The first-order valence-electron chi connectivity index (χ1n) is 5.72. The van der Waals surface area contributed by atoms with Crippen LogP contribution in [0.15, 0.2) is 30.3 Å². The lowest BCUT2D eigenvalue weighted by Crippen LogP contribution is -2.14.